The molecule has 1 aliphatic heterocycles. The number of carbonyl (C=O) groups is 1. The van der Waals surface area contributed by atoms with Gasteiger partial charge in [-0.15, -0.1) is 12.4 Å². The topological polar surface area (TPSA) is 92.3 Å². The second kappa shape index (κ2) is 13.1. The Morgan fingerprint density at radius 1 is 0.974 bits per heavy atom. The molecule has 1 amide bonds. The number of benzene rings is 2. The highest BCUT2D eigenvalue weighted by molar-refractivity contribution is 7.89. The Morgan fingerprint density at radius 2 is 1.58 bits per heavy atom. The summed E-state index contributed by atoms with van der Waals surface area (Å²) in [6.07, 6.45) is 3.84. The minimum Gasteiger partial charge on any atom is -0.493 e. The number of hydrogen-bond donors (Lipinski definition) is 0. The molecule has 1 aliphatic rings. The number of ether oxygens (including phenoxy) is 2. The molecule has 38 heavy (non-hydrogen) atoms. The molecule has 0 bridgehead atoms. The van der Waals surface area contributed by atoms with Crippen LogP contribution < -0.4 is 14.4 Å². The lowest BCUT2D eigenvalue weighted by Crippen LogP contribution is -2.36. The Hall–Kier alpha value is -2.44. The number of fused-ring (bicyclic) bond motifs is 1. The average molecular weight is 583 g/mol. The normalized spacial score (nSPS) is 14.7. The number of nitrogens with zero attached hydrogens (tertiary/aromatic N) is 4. The first kappa shape index (κ1) is 30.1. The van der Waals surface area contributed by atoms with Crippen molar-refractivity contribution in [3.05, 3.63) is 42.0 Å². The fraction of sp³-hybridized carbons (Fsp3) is 0.462. The lowest BCUT2D eigenvalue weighted by atomic mass is 10.2. The van der Waals surface area contributed by atoms with Crippen LogP contribution in [0.25, 0.3) is 10.2 Å². The van der Waals surface area contributed by atoms with Crippen LogP contribution in [0.15, 0.2) is 41.3 Å². The molecule has 2 heterocycles. The van der Waals surface area contributed by atoms with Gasteiger partial charge >= 0.3 is 0 Å². The van der Waals surface area contributed by atoms with Crippen LogP contribution in [0.2, 0.25) is 0 Å². The number of amides is 1. The van der Waals surface area contributed by atoms with Gasteiger partial charge in [0.2, 0.25) is 10.0 Å². The van der Waals surface area contributed by atoms with E-state index in [1.165, 1.54) is 23.5 Å². The van der Waals surface area contributed by atoms with Gasteiger partial charge < -0.3 is 14.4 Å². The zero-order chi connectivity index (χ0) is 26.6. The maximum Gasteiger partial charge on any atom is 0.260 e. The van der Waals surface area contributed by atoms with Crippen molar-refractivity contribution in [2.75, 3.05) is 59.4 Å². The number of rotatable bonds is 9. The highest BCUT2D eigenvalue weighted by Crippen LogP contribution is 2.37. The summed E-state index contributed by atoms with van der Waals surface area (Å²) >= 11 is 1.39. The third-order valence-corrected chi connectivity index (χ3v) is 9.39. The van der Waals surface area contributed by atoms with Crippen molar-refractivity contribution in [3.63, 3.8) is 0 Å². The lowest BCUT2D eigenvalue weighted by Gasteiger charge is -2.22. The van der Waals surface area contributed by atoms with Crippen LogP contribution in [0.5, 0.6) is 11.5 Å². The van der Waals surface area contributed by atoms with Gasteiger partial charge in [-0.25, -0.2) is 13.4 Å². The molecule has 0 unspecified atom stereocenters. The number of halogens is 1. The summed E-state index contributed by atoms with van der Waals surface area (Å²) in [5, 5.41) is 0.554. The van der Waals surface area contributed by atoms with Gasteiger partial charge in [-0.1, -0.05) is 24.2 Å². The Balaban J connectivity index is 0.00000400. The van der Waals surface area contributed by atoms with E-state index in [0.29, 0.717) is 53.9 Å². The van der Waals surface area contributed by atoms with E-state index in [-0.39, 0.29) is 23.2 Å². The first-order valence-corrected chi connectivity index (χ1v) is 14.6. The van der Waals surface area contributed by atoms with E-state index in [2.05, 4.69) is 0 Å². The van der Waals surface area contributed by atoms with Crippen LogP contribution >= 0.6 is 23.7 Å². The van der Waals surface area contributed by atoms with E-state index in [9.17, 15) is 13.2 Å². The van der Waals surface area contributed by atoms with E-state index < -0.39 is 10.0 Å². The third-order valence-electron chi connectivity index (χ3n) is 6.43. The number of sulfonamides is 1. The van der Waals surface area contributed by atoms with Gasteiger partial charge in [0.15, 0.2) is 16.6 Å². The molecule has 0 aliphatic carbocycles. The average Bonchev–Trinajstić information content (AvgIpc) is 3.09. The standard InChI is InChI=1S/C26H34N4O5S2.ClH/c1-28(2)15-16-30(26-27-21-17-22(34-3)23(35-4)18-24(21)36-26)25(31)19-9-11-20(12-10-19)37(32,33)29-13-7-5-6-8-14-29;/h9-12,17-18H,5-8,13-16H2,1-4H3;1H. The van der Waals surface area contributed by atoms with Crippen LogP contribution in [0.3, 0.4) is 0 Å². The molecule has 4 rings (SSSR count). The summed E-state index contributed by atoms with van der Waals surface area (Å²) in [4.78, 5) is 22.2. The fourth-order valence-corrected chi connectivity index (χ4v) is 6.82. The molecule has 1 fully saturated rings. The molecule has 9 nitrogen and oxygen atoms in total. The van der Waals surface area contributed by atoms with Gasteiger partial charge in [0, 0.05) is 43.9 Å². The minimum atomic E-state index is -3.58. The van der Waals surface area contributed by atoms with E-state index in [4.69, 9.17) is 14.5 Å². The molecule has 1 aromatic heterocycles. The number of methoxy groups -OCH3 is 2. The largest absolute Gasteiger partial charge is 0.493 e. The smallest absolute Gasteiger partial charge is 0.260 e. The lowest BCUT2D eigenvalue weighted by molar-refractivity contribution is 0.0985. The van der Waals surface area contributed by atoms with Crippen molar-refractivity contribution >= 4 is 55.0 Å². The molecule has 12 heteroatoms. The number of likely N-dealkylation sites (N-methyl/N-ethyl adjacent to an activating group) is 1. The molecular weight excluding hydrogens is 548 g/mol. The van der Waals surface area contributed by atoms with Crippen molar-refractivity contribution in [1.82, 2.24) is 14.2 Å². The zero-order valence-corrected chi connectivity index (χ0v) is 24.6. The van der Waals surface area contributed by atoms with Crippen molar-refractivity contribution < 1.29 is 22.7 Å². The van der Waals surface area contributed by atoms with Gasteiger partial charge in [-0.05, 0) is 51.2 Å². The predicted molar refractivity (Wildman–Crippen MR) is 154 cm³/mol. The van der Waals surface area contributed by atoms with Crippen molar-refractivity contribution in [1.29, 1.82) is 0 Å². The van der Waals surface area contributed by atoms with E-state index >= 15 is 0 Å². The number of hydrogen-bond acceptors (Lipinski definition) is 8. The summed E-state index contributed by atoms with van der Waals surface area (Å²) in [7, 11) is 3.45. The maximum absolute atomic E-state index is 13.7. The van der Waals surface area contributed by atoms with E-state index in [1.54, 1.807) is 41.6 Å². The molecule has 0 atom stereocenters. The SMILES string of the molecule is COc1cc2nc(N(CCN(C)C)C(=O)c3ccc(S(=O)(=O)N4CCCCCC4)cc3)sc2cc1OC.Cl. The van der Waals surface area contributed by atoms with Gasteiger partial charge in [0.1, 0.15) is 0 Å². The van der Waals surface area contributed by atoms with Gasteiger partial charge in [-0.2, -0.15) is 4.31 Å². The molecule has 3 aromatic rings. The van der Waals surface area contributed by atoms with Crippen LogP contribution in [-0.4, -0.2) is 83.0 Å². The number of anilines is 1. The Bertz CT molecular complexity index is 1300. The Kier molecular flexibility index (Phi) is 10.4. The number of carbonyl (C=O) groups excluding carboxylic acids is 1. The molecule has 0 spiro atoms. The molecule has 208 valence electrons. The van der Waals surface area contributed by atoms with E-state index in [1.807, 2.05) is 25.1 Å². The highest BCUT2D eigenvalue weighted by Gasteiger charge is 2.27. The molecule has 1 saturated heterocycles. The molecular formula is C26H35ClN4O5S2. The Labute approximate surface area is 234 Å². The van der Waals surface area contributed by atoms with Crippen LogP contribution in [-0.2, 0) is 10.0 Å². The summed E-state index contributed by atoms with van der Waals surface area (Å²) in [5.41, 5.74) is 1.11. The molecule has 2 aromatic carbocycles. The fourth-order valence-electron chi connectivity index (χ4n) is 4.30. The summed E-state index contributed by atoms with van der Waals surface area (Å²) in [6, 6.07) is 9.90. The van der Waals surface area contributed by atoms with Crippen molar-refractivity contribution in [3.8, 4) is 11.5 Å². The molecule has 0 N–H and O–H groups in total. The predicted octanol–water partition coefficient (Wildman–Crippen LogP) is 4.51. The number of thiazole rings is 1. The van der Waals surface area contributed by atoms with Crippen LogP contribution in [0.4, 0.5) is 5.13 Å². The van der Waals surface area contributed by atoms with Crippen molar-refractivity contribution in [2.24, 2.45) is 0 Å². The summed E-state index contributed by atoms with van der Waals surface area (Å²) < 4.78 is 39.5. The quantitative estimate of drug-likeness (QED) is 0.366. The zero-order valence-electron chi connectivity index (χ0n) is 22.2. The van der Waals surface area contributed by atoms with Gasteiger partial charge in [0.25, 0.3) is 5.91 Å². The minimum absolute atomic E-state index is 0. The van der Waals surface area contributed by atoms with Crippen LogP contribution in [0.1, 0.15) is 36.0 Å². The second-order valence-electron chi connectivity index (χ2n) is 9.27. The molecule has 0 radical (unpaired) electrons. The third kappa shape index (κ3) is 6.58. The highest BCUT2D eigenvalue weighted by atomic mass is 35.5. The summed E-state index contributed by atoms with van der Waals surface area (Å²) in [5.74, 6) is 0.926. The first-order valence-electron chi connectivity index (χ1n) is 12.3. The monoisotopic (exact) mass is 582 g/mol. The van der Waals surface area contributed by atoms with Gasteiger partial charge in [-0.3, -0.25) is 9.69 Å². The second-order valence-corrected chi connectivity index (χ2v) is 12.2. The Morgan fingerprint density at radius 3 is 2.16 bits per heavy atom. The molecule has 0 saturated carbocycles. The van der Waals surface area contributed by atoms with Gasteiger partial charge in [0.05, 0.1) is 29.3 Å². The van der Waals surface area contributed by atoms with Crippen molar-refractivity contribution in [2.45, 2.75) is 30.6 Å². The van der Waals surface area contributed by atoms with E-state index in [0.717, 1.165) is 30.4 Å². The number of aromatic nitrogens is 1. The first-order chi connectivity index (χ1) is 17.7. The summed E-state index contributed by atoms with van der Waals surface area (Å²) in [6.45, 7) is 2.13. The van der Waals surface area contributed by atoms with Crippen LogP contribution in [0, 0.1) is 0 Å². The maximum atomic E-state index is 13.7.